The van der Waals surface area contributed by atoms with Crippen LogP contribution >= 0.6 is 31.9 Å². The van der Waals surface area contributed by atoms with Gasteiger partial charge in [-0.05, 0) is 44.3 Å². The monoisotopic (exact) mass is 347 g/mol. The summed E-state index contributed by atoms with van der Waals surface area (Å²) in [5.41, 5.74) is 0. The second kappa shape index (κ2) is 5.14. The van der Waals surface area contributed by atoms with E-state index in [1.54, 1.807) is 6.20 Å². The van der Waals surface area contributed by atoms with E-state index in [0.717, 1.165) is 21.2 Å². The Morgan fingerprint density at radius 3 is 2.94 bits per heavy atom. The Morgan fingerprint density at radius 2 is 2.31 bits per heavy atom. The molecular weight excluding hydrogens is 338 g/mol. The number of carbonyl (C=O) groups excluding carboxylic acids is 1. The van der Waals surface area contributed by atoms with Gasteiger partial charge >= 0.3 is 0 Å². The molecule has 1 aromatic heterocycles. The molecule has 2 rings (SSSR count). The van der Waals surface area contributed by atoms with Gasteiger partial charge in [0, 0.05) is 29.7 Å². The van der Waals surface area contributed by atoms with Gasteiger partial charge in [0.2, 0.25) is 5.91 Å². The van der Waals surface area contributed by atoms with Gasteiger partial charge in [0.15, 0.2) is 0 Å². The molecular formula is C10H11Br2N3O. The molecule has 4 nitrogen and oxygen atoms in total. The Labute approximate surface area is 110 Å². The Balaban J connectivity index is 2.01. The van der Waals surface area contributed by atoms with E-state index in [9.17, 15) is 4.79 Å². The lowest BCUT2D eigenvalue weighted by molar-refractivity contribution is -0.122. The fraction of sp³-hybridized carbons (Fsp3) is 0.400. The first-order valence-corrected chi connectivity index (χ1v) is 6.58. The van der Waals surface area contributed by atoms with Crippen LogP contribution in [0.5, 0.6) is 0 Å². The summed E-state index contributed by atoms with van der Waals surface area (Å²) in [5, 5.41) is 6.13. The normalized spacial score (nSPS) is 20.4. The van der Waals surface area contributed by atoms with E-state index in [1.807, 2.05) is 6.07 Å². The number of amides is 1. The van der Waals surface area contributed by atoms with E-state index >= 15 is 0 Å². The molecule has 1 amide bonds. The predicted octanol–water partition coefficient (Wildman–Crippen LogP) is 2.30. The summed E-state index contributed by atoms with van der Waals surface area (Å²) in [6, 6.07) is 2.19. The number of carbonyl (C=O) groups is 1. The highest BCUT2D eigenvalue weighted by atomic mass is 79.9. The van der Waals surface area contributed by atoms with Crippen molar-refractivity contribution >= 4 is 43.6 Å². The summed E-state index contributed by atoms with van der Waals surface area (Å²) >= 11 is 6.80. The number of nitrogens with zero attached hydrogens (tertiary/aromatic N) is 1. The minimum atomic E-state index is 0.126. The molecule has 16 heavy (non-hydrogen) atoms. The number of anilines is 1. The average Bonchev–Trinajstić information content (AvgIpc) is 2.25. The fourth-order valence-corrected chi connectivity index (χ4v) is 2.67. The number of pyridine rings is 1. The smallest absolute Gasteiger partial charge is 0.220 e. The van der Waals surface area contributed by atoms with E-state index in [2.05, 4.69) is 47.5 Å². The molecule has 1 saturated heterocycles. The molecule has 1 unspecified atom stereocenters. The number of aromatic nitrogens is 1. The van der Waals surface area contributed by atoms with Crippen LogP contribution in [0.25, 0.3) is 0 Å². The molecule has 1 aromatic rings. The number of hydrogen-bond acceptors (Lipinski definition) is 3. The number of piperidine rings is 1. The third-order valence-electron chi connectivity index (χ3n) is 2.41. The fourth-order valence-electron chi connectivity index (χ4n) is 1.57. The minimum Gasteiger partial charge on any atom is -0.365 e. The molecule has 1 fully saturated rings. The van der Waals surface area contributed by atoms with E-state index in [4.69, 9.17) is 0 Å². The molecule has 0 bridgehead atoms. The molecule has 0 aromatic carbocycles. The summed E-state index contributed by atoms with van der Waals surface area (Å²) in [7, 11) is 0. The van der Waals surface area contributed by atoms with E-state index < -0.39 is 0 Å². The van der Waals surface area contributed by atoms with Gasteiger partial charge in [0.25, 0.3) is 0 Å². The zero-order valence-electron chi connectivity index (χ0n) is 8.46. The molecule has 1 atom stereocenters. The van der Waals surface area contributed by atoms with Crippen LogP contribution in [-0.4, -0.2) is 23.5 Å². The minimum absolute atomic E-state index is 0.126. The summed E-state index contributed by atoms with van der Waals surface area (Å²) in [6.07, 6.45) is 3.16. The first kappa shape index (κ1) is 11.9. The number of halogens is 2. The Kier molecular flexibility index (Phi) is 3.81. The van der Waals surface area contributed by atoms with Crippen LogP contribution < -0.4 is 10.6 Å². The maximum absolute atomic E-state index is 11.0. The second-order valence-electron chi connectivity index (χ2n) is 3.67. The number of nitrogens with one attached hydrogen (secondary N) is 2. The first-order valence-electron chi connectivity index (χ1n) is 4.99. The molecule has 6 heteroatoms. The van der Waals surface area contributed by atoms with Gasteiger partial charge in [-0.15, -0.1) is 0 Å². The molecule has 2 heterocycles. The van der Waals surface area contributed by atoms with Crippen LogP contribution in [0.15, 0.2) is 21.2 Å². The number of rotatable bonds is 2. The van der Waals surface area contributed by atoms with Gasteiger partial charge in [-0.25, -0.2) is 4.98 Å². The zero-order chi connectivity index (χ0) is 11.5. The second-order valence-corrected chi connectivity index (χ2v) is 5.44. The molecule has 1 aliphatic heterocycles. The number of hydrogen-bond donors (Lipinski definition) is 2. The maximum Gasteiger partial charge on any atom is 0.220 e. The topological polar surface area (TPSA) is 54.0 Å². The zero-order valence-corrected chi connectivity index (χ0v) is 11.6. The summed E-state index contributed by atoms with van der Waals surface area (Å²) in [6.45, 7) is 0.656. The maximum atomic E-state index is 11.0. The van der Waals surface area contributed by atoms with Crippen molar-refractivity contribution < 1.29 is 4.79 Å². The lowest BCUT2D eigenvalue weighted by Crippen LogP contribution is -2.42. The lowest BCUT2D eigenvalue weighted by atomic mass is 10.1. The Morgan fingerprint density at radius 1 is 1.50 bits per heavy atom. The third-order valence-corrected chi connectivity index (χ3v) is 3.45. The molecule has 2 N–H and O–H groups in total. The van der Waals surface area contributed by atoms with Crippen LogP contribution in [0, 0.1) is 0 Å². The average molecular weight is 349 g/mol. The van der Waals surface area contributed by atoms with Crippen LogP contribution in [0.3, 0.4) is 0 Å². The van der Waals surface area contributed by atoms with Crippen LogP contribution in [0.4, 0.5) is 5.82 Å². The van der Waals surface area contributed by atoms with Gasteiger partial charge in [0.1, 0.15) is 5.82 Å². The van der Waals surface area contributed by atoms with Crippen molar-refractivity contribution in [3.8, 4) is 0 Å². The van der Waals surface area contributed by atoms with E-state index in [-0.39, 0.29) is 11.9 Å². The molecule has 0 aliphatic carbocycles. The van der Waals surface area contributed by atoms with Gasteiger partial charge in [-0.3, -0.25) is 4.79 Å². The predicted molar refractivity (Wildman–Crippen MR) is 69.3 cm³/mol. The summed E-state index contributed by atoms with van der Waals surface area (Å²) in [5.74, 6) is 0.935. The van der Waals surface area contributed by atoms with Gasteiger partial charge in [-0.1, -0.05) is 0 Å². The van der Waals surface area contributed by atoms with Crippen molar-refractivity contribution in [1.29, 1.82) is 0 Å². The highest BCUT2D eigenvalue weighted by Gasteiger charge is 2.18. The largest absolute Gasteiger partial charge is 0.365 e. The van der Waals surface area contributed by atoms with Crippen LogP contribution in [0.2, 0.25) is 0 Å². The van der Waals surface area contributed by atoms with Gasteiger partial charge in [0.05, 0.1) is 4.47 Å². The highest BCUT2D eigenvalue weighted by Crippen LogP contribution is 2.24. The molecule has 86 valence electrons. The van der Waals surface area contributed by atoms with Crippen molar-refractivity contribution in [2.24, 2.45) is 0 Å². The van der Waals surface area contributed by atoms with Crippen LogP contribution in [-0.2, 0) is 4.79 Å². The first-order chi connectivity index (χ1) is 7.65. The van der Waals surface area contributed by atoms with Crippen molar-refractivity contribution in [2.45, 2.75) is 18.9 Å². The molecule has 0 spiro atoms. The van der Waals surface area contributed by atoms with Gasteiger partial charge in [-0.2, -0.15) is 0 Å². The molecule has 1 aliphatic rings. The Hall–Kier alpha value is -0.620. The molecule has 0 radical (unpaired) electrons. The summed E-state index contributed by atoms with van der Waals surface area (Å²) in [4.78, 5) is 15.3. The van der Waals surface area contributed by atoms with E-state index in [1.165, 1.54) is 0 Å². The lowest BCUT2D eigenvalue weighted by Gasteiger charge is -2.24. The quantitative estimate of drug-likeness (QED) is 0.862. The van der Waals surface area contributed by atoms with E-state index in [0.29, 0.717) is 13.0 Å². The van der Waals surface area contributed by atoms with Crippen molar-refractivity contribution in [2.75, 3.05) is 11.9 Å². The SMILES string of the molecule is O=C1CCC(Nc2ncc(Br)cc2Br)CN1. The summed E-state index contributed by atoms with van der Waals surface area (Å²) < 4.78 is 1.85. The van der Waals surface area contributed by atoms with Crippen molar-refractivity contribution in [3.63, 3.8) is 0 Å². The molecule has 0 saturated carbocycles. The standard InChI is InChI=1S/C10H11Br2N3O/c11-6-3-8(12)10(14-4-6)15-7-1-2-9(16)13-5-7/h3-4,7H,1-2,5H2,(H,13,16)(H,14,15). The van der Waals surface area contributed by atoms with Crippen molar-refractivity contribution in [3.05, 3.63) is 21.2 Å². The van der Waals surface area contributed by atoms with Crippen LogP contribution in [0.1, 0.15) is 12.8 Å². The third kappa shape index (κ3) is 2.95. The van der Waals surface area contributed by atoms with Crippen molar-refractivity contribution in [1.82, 2.24) is 10.3 Å². The highest BCUT2D eigenvalue weighted by molar-refractivity contribution is 9.11. The van der Waals surface area contributed by atoms with Gasteiger partial charge < -0.3 is 10.6 Å². The Bertz CT molecular complexity index is 401.